The number of nitrogens with zero attached hydrogens (tertiary/aromatic N) is 6. The van der Waals surface area contributed by atoms with Crippen molar-refractivity contribution in [2.45, 2.75) is 178 Å². The number of benzene rings is 2. The number of rotatable bonds is 0. The zero-order valence-corrected chi connectivity index (χ0v) is 41.3. The molecule has 4 fully saturated rings. The molecule has 8 heterocycles. The smallest absolute Gasteiger partial charge is 0.0729 e. The summed E-state index contributed by atoms with van der Waals surface area (Å²) in [6, 6.07) is 5.44. The molecule has 8 aromatic heterocycles. The molecule has 20 rings (SSSR count). The molecular formula is C62H62N6. The van der Waals surface area contributed by atoms with E-state index in [-0.39, 0.29) is 21.7 Å². The van der Waals surface area contributed by atoms with Crippen molar-refractivity contribution in [1.82, 2.24) is 28.7 Å². The summed E-state index contributed by atoms with van der Waals surface area (Å²) in [5.74, 6) is 5.72. The van der Waals surface area contributed by atoms with E-state index < -0.39 is 0 Å². The fourth-order valence-electron chi connectivity index (χ4n) is 20.4. The predicted molar refractivity (Wildman–Crippen MR) is 277 cm³/mol. The molecule has 0 N–H and O–H groups in total. The molecule has 0 spiro atoms. The van der Waals surface area contributed by atoms with E-state index in [9.17, 15) is 0 Å². The van der Waals surface area contributed by atoms with Crippen molar-refractivity contribution in [3.63, 3.8) is 0 Å². The van der Waals surface area contributed by atoms with Crippen molar-refractivity contribution in [2.24, 2.45) is 23.7 Å². The molecule has 6 nitrogen and oxygen atoms in total. The number of fused-ring (bicyclic) bond motifs is 19. The lowest BCUT2D eigenvalue weighted by molar-refractivity contribution is 0.165. The molecule has 0 aliphatic heterocycles. The summed E-state index contributed by atoms with van der Waals surface area (Å²) in [5.41, 5.74) is 19.5. The molecule has 10 aliphatic carbocycles. The first-order chi connectivity index (χ1) is 32.6. The zero-order chi connectivity index (χ0) is 45.2. The van der Waals surface area contributed by atoms with Gasteiger partial charge in [-0.2, -0.15) is 0 Å². The Morgan fingerprint density at radius 1 is 0.397 bits per heavy atom. The van der Waals surface area contributed by atoms with Gasteiger partial charge >= 0.3 is 0 Å². The summed E-state index contributed by atoms with van der Waals surface area (Å²) < 4.78 is 5.38. The zero-order valence-electron chi connectivity index (χ0n) is 41.3. The van der Waals surface area contributed by atoms with E-state index in [2.05, 4.69) is 101 Å². The Bertz CT molecular complexity index is 3770. The van der Waals surface area contributed by atoms with Gasteiger partial charge in [0.25, 0.3) is 0 Å². The summed E-state index contributed by atoms with van der Waals surface area (Å²) in [6.07, 6.45) is 24.9. The maximum absolute atomic E-state index is 5.64. The van der Waals surface area contributed by atoms with Crippen LogP contribution in [-0.2, 0) is 21.7 Å². The van der Waals surface area contributed by atoms with Crippen LogP contribution in [0.4, 0.5) is 0 Å². The fraction of sp³-hybridized carbons (Fsp3) is 0.516. The molecule has 6 heteroatoms. The highest BCUT2D eigenvalue weighted by Crippen LogP contribution is 2.63. The molecule has 4 atom stereocenters. The van der Waals surface area contributed by atoms with Crippen molar-refractivity contribution in [1.29, 1.82) is 0 Å². The van der Waals surface area contributed by atoms with E-state index in [1.165, 1.54) is 185 Å². The van der Waals surface area contributed by atoms with Crippen LogP contribution in [0.25, 0.3) is 87.0 Å². The van der Waals surface area contributed by atoms with Crippen molar-refractivity contribution >= 4 is 87.0 Å². The summed E-state index contributed by atoms with van der Waals surface area (Å²) >= 11 is 0. The minimum Gasteiger partial charge on any atom is -0.305 e. The first kappa shape index (κ1) is 37.8. The lowest BCUT2D eigenvalue weighted by atomic mass is 9.67. The van der Waals surface area contributed by atoms with Crippen LogP contribution in [0.15, 0.2) is 36.9 Å². The van der Waals surface area contributed by atoms with Gasteiger partial charge in [0.15, 0.2) is 0 Å². The van der Waals surface area contributed by atoms with Crippen LogP contribution >= 0.6 is 0 Å². The number of pyridine rings is 4. The van der Waals surface area contributed by atoms with Crippen molar-refractivity contribution in [3.05, 3.63) is 81.9 Å². The Morgan fingerprint density at radius 3 is 1.18 bits per heavy atom. The van der Waals surface area contributed by atoms with Gasteiger partial charge in [0.1, 0.15) is 0 Å². The summed E-state index contributed by atoms with van der Waals surface area (Å²) in [7, 11) is 0. The van der Waals surface area contributed by atoms with Gasteiger partial charge < -0.3 is 8.80 Å². The second kappa shape index (κ2) is 11.2. The maximum Gasteiger partial charge on any atom is 0.0729 e. The van der Waals surface area contributed by atoms with Gasteiger partial charge in [-0.1, -0.05) is 55.4 Å². The van der Waals surface area contributed by atoms with Crippen LogP contribution in [0.1, 0.15) is 201 Å². The first-order valence-corrected chi connectivity index (χ1v) is 27.1. The van der Waals surface area contributed by atoms with Crippen LogP contribution in [0, 0.1) is 23.7 Å². The Labute approximate surface area is 397 Å². The van der Waals surface area contributed by atoms with Crippen molar-refractivity contribution in [2.75, 3.05) is 0 Å². The quantitative estimate of drug-likeness (QED) is 0.152. The molecule has 0 saturated heterocycles. The topological polar surface area (TPSA) is 60.4 Å². The van der Waals surface area contributed by atoms with Crippen molar-refractivity contribution < 1.29 is 0 Å². The van der Waals surface area contributed by atoms with Crippen LogP contribution in [-0.4, -0.2) is 28.7 Å². The monoisotopic (exact) mass is 891 g/mol. The average Bonchev–Trinajstić information content (AvgIpc) is 4.02. The third kappa shape index (κ3) is 4.10. The van der Waals surface area contributed by atoms with E-state index in [1.807, 2.05) is 0 Å². The van der Waals surface area contributed by atoms with Gasteiger partial charge in [-0.3, -0.25) is 19.9 Å². The molecule has 4 unspecified atom stereocenters. The molecule has 4 saturated carbocycles. The first-order valence-electron chi connectivity index (χ1n) is 27.1. The molecule has 340 valence electrons. The third-order valence-corrected chi connectivity index (χ3v) is 21.5. The highest BCUT2D eigenvalue weighted by molar-refractivity contribution is 6.42. The normalized spacial score (nSPS) is 31.0. The molecule has 68 heavy (non-hydrogen) atoms. The Hall–Kier alpha value is -5.10. The largest absolute Gasteiger partial charge is 0.305 e. The minimum absolute atomic E-state index is 0.0250. The Kier molecular flexibility index (Phi) is 6.24. The van der Waals surface area contributed by atoms with E-state index in [4.69, 9.17) is 19.9 Å². The van der Waals surface area contributed by atoms with Gasteiger partial charge in [0.2, 0.25) is 0 Å². The fourth-order valence-corrected chi connectivity index (χ4v) is 20.4. The average molecular weight is 891 g/mol. The number of aromatic nitrogens is 6. The summed E-state index contributed by atoms with van der Waals surface area (Å²) in [4.78, 5) is 22.4. The second-order valence-electron chi connectivity index (χ2n) is 27.7. The second-order valence-corrected chi connectivity index (χ2v) is 27.7. The van der Waals surface area contributed by atoms with Gasteiger partial charge in [-0.05, 0) is 163 Å². The lowest BCUT2D eigenvalue weighted by Gasteiger charge is -2.38. The number of hydrogen-bond donors (Lipinski definition) is 0. The van der Waals surface area contributed by atoms with Crippen LogP contribution < -0.4 is 0 Å². The van der Waals surface area contributed by atoms with Crippen LogP contribution in [0.5, 0.6) is 0 Å². The van der Waals surface area contributed by atoms with Gasteiger partial charge in [0, 0.05) is 82.5 Å². The van der Waals surface area contributed by atoms with Crippen LogP contribution in [0.2, 0.25) is 0 Å². The van der Waals surface area contributed by atoms with Gasteiger partial charge in [-0.15, -0.1) is 0 Å². The summed E-state index contributed by atoms with van der Waals surface area (Å²) in [5, 5.41) is 14.6. The Balaban J connectivity index is 1.12. The standard InChI is InChI=1S/C62H62N6/c1-59(2)25-61(5,6)57-51(59)47-40(23-65-57)67-38-21-63-53-34-15-27-9-28(16-34)12-31(11-27)43(53)45(38)36-19-33-20-37-46-39(22-64-54-35-17-29-10-30(18-35)14-32(13-29)44(46)54)68-41-24-66-58-52(60(3,4)26-62(58,7)8)48(41)50(56(37)68)42(33)49(47)55(36)67/h19-24,27-32,34-35H,9-18,25-26H2,1-8H3. The van der Waals surface area contributed by atoms with E-state index in [0.29, 0.717) is 23.7 Å². The molecule has 0 amide bonds. The lowest BCUT2D eigenvalue weighted by Crippen LogP contribution is -2.25. The minimum atomic E-state index is -0.0465. The van der Waals surface area contributed by atoms with Gasteiger partial charge in [-0.25, -0.2) is 0 Å². The molecular weight excluding hydrogens is 829 g/mol. The van der Waals surface area contributed by atoms with E-state index in [1.54, 1.807) is 11.1 Å². The molecule has 8 bridgehead atoms. The predicted octanol–water partition coefficient (Wildman–Crippen LogP) is 15.4. The molecule has 10 aromatic rings. The maximum atomic E-state index is 5.64. The SMILES string of the molecule is CC1(C)CC(C)(C)c2c1ncc1c2c2c3c(cc4c5c6c(ncc5n1c42)C1CC2CC(C1)CC6C2)cc1c2c4c(ncc2n2c5cnc6c(c5c3c12)C(C)(C)CC6(C)C)C1CC2CC(C1)CC4C2. The van der Waals surface area contributed by atoms with Crippen LogP contribution in [0.3, 0.4) is 0 Å². The summed E-state index contributed by atoms with van der Waals surface area (Å²) in [6.45, 7) is 19.8. The van der Waals surface area contributed by atoms with Crippen molar-refractivity contribution in [3.8, 4) is 0 Å². The van der Waals surface area contributed by atoms with Gasteiger partial charge in [0.05, 0.1) is 69.3 Å². The third-order valence-electron chi connectivity index (χ3n) is 21.5. The van der Waals surface area contributed by atoms with E-state index in [0.717, 1.165) is 36.5 Å². The van der Waals surface area contributed by atoms with E-state index >= 15 is 0 Å². The Morgan fingerprint density at radius 2 is 0.765 bits per heavy atom. The molecule has 2 aromatic carbocycles. The highest BCUT2D eigenvalue weighted by Gasteiger charge is 2.50. The highest BCUT2D eigenvalue weighted by atomic mass is 15.0. The molecule has 0 radical (unpaired) electrons. The number of hydrogen-bond acceptors (Lipinski definition) is 4. The molecule has 10 aliphatic rings.